The van der Waals surface area contributed by atoms with Crippen molar-refractivity contribution in [2.75, 3.05) is 0 Å². The van der Waals surface area contributed by atoms with Crippen LogP contribution in [0.5, 0.6) is 0 Å². The molecule has 5 nitrogen and oxygen atoms in total. The third-order valence-corrected chi connectivity index (χ3v) is 3.01. The van der Waals surface area contributed by atoms with Crippen LogP contribution in [0.25, 0.3) is 16.7 Å². The molecule has 3 aromatic heterocycles. The van der Waals surface area contributed by atoms with Gasteiger partial charge in [0.15, 0.2) is 11.5 Å². The highest BCUT2D eigenvalue weighted by molar-refractivity contribution is 5.93. The molecule has 0 atom stereocenters. The second-order valence-electron chi connectivity index (χ2n) is 4.18. The lowest BCUT2D eigenvalue weighted by molar-refractivity contribution is 1.15. The van der Waals surface area contributed by atoms with Crippen molar-refractivity contribution in [1.82, 2.24) is 19.4 Å². The van der Waals surface area contributed by atoms with Crippen LogP contribution in [0.4, 0.5) is 5.69 Å². The van der Waals surface area contributed by atoms with Crippen LogP contribution in [0, 0.1) is 0 Å². The second kappa shape index (κ2) is 3.84. The Labute approximate surface area is 108 Å². The Balaban J connectivity index is 1.85. The van der Waals surface area contributed by atoms with Crippen LogP contribution in [0.15, 0.2) is 53.9 Å². The van der Waals surface area contributed by atoms with Gasteiger partial charge in [-0.3, -0.25) is 9.39 Å². The van der Waals surface area contributed by atoms with E-state index in [0.29, 0.717) is 5.65 Å². The fraction of sp³-hybridized carbons (Fsp3) is 0. The molecule has 90 valence electrons. The van der Waals surface area contributed by atoms with Crippen molar-refractivity contribution >= 4 is 28.6 Å². The van der Waals surface area contributed by atoms with Crippen molar-refractivity contribution in [3.63, 3.8) is 0 Å². The van der Waals surface area contributed by atoms with Crippen molar-refractivity contribution < 1.29 is 0 Å². The van der Waals surface area contributed by atoms with E-state index in [1.54, 1.807) is 6.21 Å². The highest BCUT2D eigenvalue weighted by Gasteiger charge is 2.11. The average molecular weight is 247 g/mol. The summed E-state index contributed by atoms with van der Waals surface area (Å²) in [5.74, 6) is 0.759. The Morgan fingerprint density at radius 3 is 2.84 bits per heavy atom. The predicted molar refractivity (Wildman–Crippen MR) is 73.2 cm³/mol. The Kier molecular flexibility index (Phi) is 2.05. The van der Waals surface area contributed by atoms with Gasteiger partial charge in [-0.25, -0.2) is 15.0 Å². The molecule has 0 saturated heterocycles. The molecule has 0 amide bonds. The molecule has 0 N–H and O–H groups in total. The molecule has 19 heavy (non-hydrogen) atoms. The molecule has 0 saturated carbocycles. The minimum Gasteiger partial charge on any atom is -0.295 e. The number of benzene rings is 1. The van der Waals surface area contributed by atoms with Crippen LogP contribution < -0.4 is 0 Å². The van der Waals surface area contributed by atoms with E-state index in [-0.39, 0.29) is 0 Å². The van der Waals surface area contributed by atoms with E-state index in [4.69, 9.17) is 0 Å². The third kappa shape index (κ3) is 1.55. The zero-order chi connectivity index (χ0) is 12.7. The fourth-order valence-electron chi connectivity index (χ4n) is 2.13. The molecule has 0 aliphatic rings. The molecule has 5 heteroatoms. The highest BCUT2D eigenvalue weighted by atomic mass is 15.1. The first kappa shape index (κ1) is 10.1. The molecule has 0 aliphatic carbocycles. The molecule has 3 heterocycles. The van der Waals surface area contributed by atoms with Crippen LogP contribution >= 0.6 is 0 Å². The fourth-order valence-corrected chi connectivity index (χ4v) is 2.13. The first-order valence-corrected chi connectivity index (χ1v) is 5.92. The summed E-state index contributed by atoms with van der Waals surface area (Å²) in [6.45, 7) is 0. The lowest BCUT2D eigenvalue weighted by Crippen LogP contribution is -1.89. The maximum Gasteiger partial charge on any atom is 0.182 e. The minimum atomic E-state index is 0.699. The Hall–Kier alpha value is -2.82. The Morgan fingerprint density at radius 2 is 1.95 bits per heavy atom. The number of para-hydroxylation sites is 1. The van der Waals surface area contributed by atoms with E-state index < -0.39 is 0 Å². The third-order valence-electron chi connectivity index (χ3n) is 3.01. The van der Waals surface area contributed by atoms with Crippen molar-refractivity contribution in [3.8, 4) is 0 Å². The summed E-state index contributed by atoms with van der Waals surface area (Å²) < 4.78 is 1.96. The monoisotopic (exact) mass is 247 g/mol. The van der Waals surface area contributed by atoms with Gasteiger partial charge >= 0.3 is 0 Å². The zero-order valence-electron chi connectivity index (χ0n) is 9.93. The smallest absolute Gasteiger partial charge is 0.182 e. The van der Waals surface area contributed by atoms with Crippen LogP contribution in [0.2, 0.25) is 0 Å². The molecule has 4 rings (SSSR count). The number of hydrogen-bond donors (Lipinski definition) is 0. The molecule has 0 spiro atoms. The summed E-state index contributed by atoms with van der Waals surface area (Å²) in [5, 5.41) is 0. The molecule has 0 fully saturated rings. The lowest BCUT2D eigenvalue weighted by Gasteiger charge is -1.91. The summed E-state index contributed by atoms with van der Waals surface area (Å²) in [6, 6.07) is 11.7. The predicted octanol–water partition coefficient (Wildman–Crippen LogP) is 2.47. The number of aromatic nitrogens is 4. The maximum absolute atomic E-state index is 4.45. The Morgan fingerprint density at radius 1 is 1.05 bits per heavy atom. The highest BCUT2D eigenvalue weighted by Crippen LogP contribution is 2.19. The summed E-state index contributed by atoms with van der Waals surface area (Å²) >= 11 is 0. The van der Waals surface area contributed by atoms with Gasteiger partial charge in [0.2, 0.25) is 0 Å². The molecular formula is C14H9N5. The standard InChI is InChI=1S/C14H9N5/c1-2-4-10(5-3-1)15-8-12-18-14-13-11(16-9-17-14)6-7-19(12)13/h1-9H. The average Bonchev–Trinajstić information content (AvgIpc) is 3.04. The van der Waals surface area contributed by atoms with Gasteiger partial charge in [-0.05, 0) is 18.2 Å². The largest absolute Gasteiger partial charge is 0.295 e. The maximum atomic E-state index is 4.45. The SMILES string of the molecule is C(=Nc1ccccc1)c1nc2ncnc3ccn1c32. The van der Waals surface area contributed by atoms with Gasteiger partial charge in [0, 0.05) is 6.20 Å². The van der Waals surface area contributed by atoms with E-state index in [2.05, 4.69) is 19.9 Å². The first-order chi connectivity index (χ1) is 9.42. The normalized spacial score (nSPS) is 12.0. The van der Waals surface area contributed by atoms with Gasteiger partial charge in [0.25, 0.3) is 0 Å². The van der Waals surface area contributed by atoms with E-state index in [1.165, 1.54) is 6.33 Å². The Bertz CT molecular complexity index is 863. The van der Waals surface area contributed by atoms with Crippen LogP contribution in [-0.4, -0.2) is 25.6 Å². The van der Waals surface area contributed by atoms with Crippen molar-refractivity contribution in [2.45, 2.75) is 0 Å². The van der Waals surface area contributed by atoms with Gasteiger partial charge in [0.05, 0.1) is 17.4 Å². The van der Waals surface area contributed by atoms with Gasteiger partial charge in [-0.15, -0.1) is 0 Å². The number of nitrogens with zero attached hydrogens (tertiary/aromatic N) is 5. The topological polar surface area (TPSA) is 55.4 Å². The van der Waals surface area contributed by atoms with Crippen LogP contribution in [0.3, 0.4) is 0 Å². The molecule has 0 unspecified atom stereocenters. The lowest BCUT2D eigenvalue weighted by atomic mass is 10.3. The summed E-state index contributed by atoms with van der Waals surface area (Å²) in [5.41, 5.74) is 3.44. The molecule has 1 aromatic carbocycles. The van der Waals surface area contributed by atoms with E-state index >= 15 is 0 Å². The van der Waals surface area contributed by atoms with E-state index in [9.17, 15) is 0 Å². The van der Waals surface area contributed by atoms with Gasteiger partial charge in [-0.1, -0.05) is 18.2 Å². The summed E-state index contributed by atoms with van der Waals surface area (Å²) in [4.78, 5) is 17.2. The molecule has 0 radical (unpaired) electrons. The van der Waals surface area contributed by atoms with Crippen LogP contribution in [-0.2, 0) is 0 Å². The quantitative estimate of drug-likeness (QED) is 0.511. The number of hydrogen-bond acceptors (Lipinski definition) is 4. The van der Waals surface area contributed by atoms with Gasteiger partial charge < -0.3 is 0 Å². The van der Waals surface area contributed by atoms with Crippen molar-refractivity contribution in [1.29, 1.82) is 0 Å². The van der Waals surface area contributed by atoms with Gasteiger partial charge in [-0.2, -0.15) is 0 Å². The van der Waals surface area contributed by atoms with Crippen molar-refractivity contribution in [2.24, 2.45) is 4.99 Å². The van der Waals surface area contributed by atoms with Crippen molar-refractivity contribution in [3.05, 3.63) is 54.7 Å². The molecule has 4 aromatic rings. The van der Waals surface area contributed by atoms with E-state index in [0.717, 1.165) is 22.5 Å². The number of rotatable bonds is 2. The number of imidazole rings is 1. The van der Waals surface area contributed by atoms with Gasteiger partial charge in [0.1, 0.15) is 11.8 Å². The molecule has 0 bridgehead atoms. The molecular weight excluding hydrogens is 238 g/mol. The molecule has 0 aliphatic heterocycles. The minimum absolute atomic E-state index is 0.699. The zero-order valence-corrected chi connectivity index (χ0v) is 9.93. The first-order valence-electron chi connectivity index (χ1n) is 5.92. The summed E-state index contributed by atoms with van der Waals surface area (Å²) in [7, 11) is 0. The van der Waals surface area contributed by atoms with E-state index in [1.807, 2.05) is 47.0 Å². The summed E-state index contributed by atoms with van der Waals surface area (Å²) in [6.07, 6.45) is 5.21. The van der Waals surface area contributed by atoms with Crippen LogP contribution in [0.1, 0.15) is 5.82 Å². The second-order valence-corrected chi connectivity index (χ2v) is 4.18. The number of aliphatic imine (C=N–C) groups is 1.